The zero-order valence-corrected chi connectivity index (χ0v) is 9.41. The van der Waals surface area contributed by atoms with Crippen molar-refractivity contribution in [1.29, 1.82) is 0 Å². The van der Waals surface area contributed by atoms with E-state index >= 15 is 0 Å². The van der Waals surface area contributed by atoms with Crippen LogP contribution in [0.1, 0.15) is 29.5 Å². The first kappa shape index (κ1) is 10.7. The molecule has 2 heteroatoms. The average Bonchev–Trinajstić information content (AvgIpc) is 2.60. The lowest BCUT2D eigenvalue weighted by Gasteiger charge is -1.97. The van der Waals surface area contributed by atoms with Crippen LogP contribution in [0, 0.1) is 0 Å². The summed E-state index contributed by atoms with van der Waals surface area (Å²) in [5.74, 6) is 0. The lowest BCUT2D eigenvalue weighted by Crippen LogP contribution is -2.07. The van der Waals surface area contributed by atoms with Gasteiger partial charge in [-0.15, -0.1) is 11.3 Å². The van der Waals surface area contributed by atoms with Crippen LogP contribution in [-0.4, -0.2) is 13.6 Å². The smallest absolute Gasteiger partial charge is 0.00481 e. The third kappa shape index (κ3) is 3.92. The molecule has 0 radical (unpaired) electrons. The van der Waals surface area contributed by atoms with Crippen molar-refractivity contribution in [3.8, 4) is 0 Å². The van der Waals surface area contributed by atoms with Gasteiger partial charge in [-0.1, -0.05) is 6.92 Å². The number of hydrogen-bond donors (Lipinski definition) is 1. The summed E-state index contributed by atoms with van der Waals surface area (Å²) >= 11 is 1.97. The molecule has 13 heavy (non-hydrogen) atoms. The fourth-order valence-corrected chi connectivity index (χ4v) is 2.35. The van der Waals surface area contributed by atoms with Crippen LogP contribution < -0.4 is 5.32 Å². The van der Waals surface area contributed by atoms with Gasteiger partial charge in [0.1, 0.15) is 0 Å². The van der Waals surface area contributed by atoms with Crippen LogP contribution in [0.3, 0.4) is 0 Å². The molecule has 1 heterocycles. The quantitative estimate of drug-likeness (QED) is 0.691. The number of nitrogens with one attached hydrogen (secondary N) is 1. The van der Waals surface area contributed by atoms with Crippen molar-refractivity contribution >= 4 is 11.3 Å². The Kier molecular flexibility index (Phi) is 5.09. The van der Waals surface area contributed by atoms with Gasteiger partial charge < -0.3 is 5.32 Å². The van der Waals surface area contributed by atoms with Crippen LogP contribution in [0.15, 0.2) is 12.1 Å². The van der Waals surface area contributed by atoms with Gasteiger partial charge in [-0.25, -0.2) is 0 Å². The molecule has 0 aliphatic rings. The fraction of sp³-hybridized carbons (Fsp3) is 0.636. The van der Waals surface area contributed by atoms with E-state index < -0.39 is 0 Å². The standard InChI is InChI=1S/C11H19NS/c1-3-10-7-8-11(13-10)6-4-5-9-12-2/h7-8,12H,3-6,9H2,1-2H3. The highest BCUT2D eigenvalue weighted by Gasteiger charge is 1.97. The first-order chi connectivity index (χ1) is 6.36. The Hall–Kier alpha value is -0.340. The molecule has 1 aromatic heterocycles. The summed E-state index contributed by atoms with van der Waals surface area (Å²) in [6.07, 6.45) is 5.04. The minimum Gasteiger partial charge on any atom is -0.320 e. The molecule has 0 saturated carbocycles. The highest BCUT2D eigenvalue weighted by molar-refractivity contribution is 7.11. The van der Waals surface area contributed by atoms with Crippen LogP contribution >= 0.6 is 11.3 Å². The molecule has 1 aromatic rings. The highest BCUT2D eigenvalue weighted by Crippen LogP contribution is 2.18. The summed E-state index contributed by atoms with van der Waals surface area (Å²) in [6, 6.07) is 4.54. The second-order valence-electron chi connectivity index (χ2n) is 3.28. The van der Waals surface area contributed by atoms with E-state index in [1.54, 1.807) is 4.88 Å². The summed E-state index contributed by atoms with van der Waals surface area (Å²) in [6.45, 7) is 3.36. The molecule has 0 fully saturated rings. The minimum atomic E-state index is 1.14. The second-order valence-corrected chi connectivity index (χ2v) is 4.54. The zero-order chi connectivity index (χ0) is 9.52. The molecular formula is C11H19NS. The van der Waals surface area contributed by atoms with Crippen molar-refractivity contribution in [2.45, 2.75) is 32.6 Å². The molecule has 0 bridgehead atoms. The fourth-order valence-electron chi connectivity index (χ4n) is 1.35. The van der Waals surface area contributed by atoms with Gasteiger partial charge in [0.2, 0.25) is 0 Å². The van der Waals surface area contributed by atoms with E-state index in [0.717, 1.165) is 6.54 Å². The van der Waals surface area contributed by atoms with E-state index in [0.29, 0.717) is 0 Å². The molecule has 74 valence electrons. The summed E-state index contributed by atoms with van der Waals surface area (Å²) in [4.78, 5) is 3.07. The van der Waals surface area contributed by atoms with E-state index in [2.05, 4.69) is 24.4 Å². The van der Waals surface area contributed by atoms with Gasteiger partial charge >= 0.3 is 0 Å². The SMILES string of the molecule is CCc1ccc(CCCCNC)s1. The molecule has 0 aliphatic heterocycles. The maximum Gasteiger partial charge on any atom is 0.00481 e. The number of aryl methyl sites for hydroxylation is 2. The normalized spacial score (nSPS) is 10.6. The number of unbranched alkanes of at least 4 members (excludes halogenated alkanes) is 1. The van der Waals surface area contributed by atoms with Gasteiger partial charge in [0, 0.05) is 9.75 Å². The van der Waals surface area contributed by atoms with Crippen LogP contribution in [-0.2, 0) is 12.8 Å². The summed E-state index contributed by atoms with van der Waals surface area (Å²) in [7, 11) is 2.01. The Labute approximate surface area is 85.2 Å². The maximum absolute atomic E-state index is 3.17. The van der Waals surface area contributed by atoms with E-state index in [-0.39, 0.29) is 0 Å². The molecule has 1 N–H and O–H groups in total. The highest BCUT2D eigenvalue weighted by atomic mass is 32.1. The topological polar surface area (TPSA) is 12.0 Å². The molecule has 1 rings (SSSR count). The molecule has 0 atom stereocenters. The lowest BCUT2D eigenvalue weighted by molar-refractivity contribution is 0.680. The Morgan fingerprint density at radius 2 is 2.00 bits per heavy atom. The molecule has 0 saturated heterocycles. The van der Waals surface area contributed by atoms with Crippen molar-refractivity contribution in [3.63, 3.8) is 0 Å². The average molecular weight is 197 g/mol. The first-order valence-corrected chi connectivity index (χ1v) is 5.90. The van der Waals surface area contributed by atoms with Crippen LogP contribution in [0.25, 0.3) is 0 Å². The Bertz CT molecular complexity index is 230. The summed E-state index contributed by atoms with van der Waals surface area (Å²) in [5.41, 5.74) is 0. The van der Waals surface area contributed by atoms with Crippen LogP contribution in [0.2, 0.25) is 0 Å². The largest absolute Gasteiger partial charge is 0.320 e. The third-order valence-corrected chi connectivity index (χ3v) is 3.46. The molecule has 0 amide bonds. The van der Waals surface area contributed by atoms with Gasteiger partial charge in [0.15, 0.2) is 0 Å². The van der Waals surface area contributed by atoms with Crippen LogP contribution in [0.4, 0.5) is 0 Å². The Morgan fingerprint density at radius 3 is 2.62 bits per heavy atom. The molecule has 0 aliphatic carbocycles. The Balaban J connectivity index is 2.20. The van der Waals surface area contributed by atoms with Gasteiger partial charge in [-0.2, -0.15) is 0 Å². The predicted molar refractivity (Wildman–Crippen MR) is 60.6 cm³/mol. The van der Waals surface area contributed by atoms with Crippen molar-refractivity contribution in [3.05, 3.63) is 21.9 Å². The van der Waals surface area contributed by atoms with Crippen molar-refractivity contribution < 1.29 is 0 Å². The predicted octanol–water partition coefficient (Wildman–Crippen LogP) is 2.85. The maximum atomic E-state index is 3.17. The van der Waals surface area contributed by atoms with E-state index in [1.807, 2.05) is 18.4 Å². The molecule has 0 spiro atoms. The summed E-state index contributed by atoms with van der Waals surface area (Å²) < 4.78 is 0. The van der Waals surface area contributed by atoms with Crippen molar-refractivity contribution in [2.75, 3.05) is 13.6 Å². The van der Waals surface area contributed by atoms with E-state index in [4.69, 9.17) is 0 Å². The van der Waals surface area contributed by atoms with Crippen molar-refractivity contribution in [2.24, 2.45) is 0 Å². The van der Waals surface area contributed by atoms with Gasteiger partial charge in [-0.3, -0.25) is 0 Å². The van der Waals surface area contributed by atoms with Gasteiger partial charge in [-0.05, 0) is 51.4 Å². The number of thiophene rings is 1. The van der Waals surface area contributed by atoms with Crippen molar-refractivity contribution in [1.82, 2.24) is 5.32 Å². The number of rotatable bonds is 6. The molecular weight excluding hydrogens is 178 g/mol. The van der Waals surface area contributed by atoms with E-state index in [1.165, 1.54) is 30.6 Å². The molecule has 0 aromatic carbocycles. The summed E-state index contributed by atoms with van der Waals surface area (Å²) in [5, 5.41) is 3.17. The van der Waals surface area contributed by atoms with Crippen LogP contribution in [0.5, 0.6) is 0 Å². The molecule has 0 unspecified atom stereocenters. The third-order valence-electron chi connectivity index (χ3n) is 2.17. The number of hydrogen-bond acceptors (Lipinski definition) is 2. The first-order valence-electron chi connectivity index (χ1n) is 5.09. The second kappa shape index (κ2) is 6.17. The monoisotopic (exact) mass is 197 g/mol. The molecule has 1 nitrogen and oxygen atoms in total. The van der Waals surface area contributed by atoms with Gasteiger partial charge in [0.05, 0.1) is 0 Å². The van der Waals surface area contributed by atoms with Gasteiger partial charge in [0.25, 0.3) is 0 Å². The Morgan fingerprint density at radius 1 is 1.23 bits per heavy atom. The lowest BCUT2D eigenvalue weighted by atomic mass is 10.2. The minimum absolute atomic E-state index is 1.14. The van der Waals surface area contributed by atoms with E-state index in [9.17, 15) is 0 Å². The zero-order valence-electron chi connectivity index (χ0n) is 8.60.